The quantitative estimate of drug-likeness (QED) is 0.610. The van der Waals surface area contributed by atoms with Gasteiger partial charge in [-0.05, 0) is 51.8 Å². The Labute approximate surface area is 173 Å². The summed E-state index contributed by atoms with van der Waals surface area (Å²) >= 11 is 0. The number of anilines is 2. The Balaban J connectivity index is 1.79. The molecule has 0 saturated heterocycles. The van der Waals surface area contributed by atoms with Crippen molar-refractivity contribution in [1.82, 2.24) is 25.0 Å². The average molecular weight is 430 g/mol. The minimum Gasteiger partial charge on any atom is -0.446 e. The number of H-pyrrole nitrogens is 1. The van der Waals surface area contributed by atoms with Gasteiger partial charge in [-0.15, -0.1) is 10.2 Å². The van der Waals surface area contributed by atoms with Gasteiger partial charge in [-0.2, -0.15) is 5.10 Å². The van der Waals surface area contributed by atoms with Crippen LogP contribution in [0.5, 0.6) is 0 Å². The zero-order valence-corrected chi connectivity index (χ0v) is 17.6. The number of carbonyl (C=O) groups is 1. The number of hydrogen-bond acceptors (Lipinski definition) is 8. The van der Waals surface area contributed by atoms with E-state index in [1.54, 1.807) is 32.0 Å². The third kappa shape index (κ3) is 3.92. The normalized spacial score (nSPS) is 14.1. The summed E-state index contributed by atoms with van der Waals surface area (Å²) in [5.74, 6) is 0.681. The average Bonchev–Trinajstić information content (AvgIpc) is 3.31. The predicted octanol–water partition coefficient (Wildman–Crippen LogP) is 3.05. The van der Waals surface area contributed by atoms with Crippen LogP contribution < -0.4 is 5.32 Å². The first-order chi connectivity index (χ1) is 14.3. The second-order valence-electron chi connectivity index (χ2n) is 7.47. The smallest absolute Gasteiger partial charge is 0.421 e. The molecule has 2 heterocycles. The highest BCUT2D eigenvalue weighted by atomic mass is 32.2. The molecule has 158 valence electrons. The topological polar surface area (TPSA) is 132 Å². The highest BCUT2D eigenvalue weighted by Gasteiger charge is 2.39. The summed E-state index contributed by atoms with van der Waals surface area (Å²) in [5, 5.41) is 17.4. The first kappa shape index (κ1) is 20.1. The SMILES string of the molecule is Cc1cc(Nc2ccc(-c3nncn3C(=O)OC(C)C)c(S(=O)(=O)C3CC3)c2)n[nH]1. The number of rotatable bonds is 6. The van der Waals surface area contributed by atoms with Crippen molar-refractivity contribution in [3.05, 3.63) is 36.3 Å². The lowest BCUT2D eigenvalue weighted by Crippen LogP contribution is -2.19. The van der Waals surface area contributed by atoms with Crippen LogP contribution in [0.3, 0.4) is 0 Å². The number of aromatic nitrogens is 5. The van der Waals surface area contributed by atoms with E-state index in [0.29, 0.717) is 29.9 Å². The molecule has 1 aliphatic rings. The molecule has 3 aromatic rings. The van der Waals surface area contributed by atoms with Gasteiger partial charge < -0.3 is 10.1 Å². The van der Waals surface area contributed by atoms with E-state index in [1.807, 2.05) is 13.0 Å². The Morgan fingerprint density at radius 1 is 1.30 bits per heavy atom. The van der Waals surface area contributed by atoms with E-state index in [4.69, 9.17) is 4.74 Å². The van der Waals surface area contributed by atoms with Crippen LogP contribution in [-0.4, -0.2) is 50.8 Å². The zero-order valence-electron chi connectivity index (χ0n) is 16.8. The monoisotopic (exact) mass is 430 g/mol. The van der Waals surface area contributed by atoms with Crippen LogP contribution in [0, 0.1) is 6.92 Å². The molecular formula is C19H22N6O4S. The molecule has 0 radical (unpaired) electrons. The number of nitrogens with one attached hydrogen (secondary N) is 2. The number of ether oxygens (including phenoxy) is 1. The maximum Gasteiger partial charge on any atom is 0.421 e. The highest BCUT2D eigenvalue weighted by molar-refractivity contribution is 7.92. The lowest BCUT2D eigenvalue weighted by Gasteiger charge is -2.14. The Hall–Kier alpha value is -3.21. The number of nitrogens with zero attached hydrogens (tertiary/aromatic N) is 4. The molecule has 0 unspecified atom stereocenters. The lowest BCUT2D eigenvalue weighted by molar-refractivity contribution is 0.117. The zero-order chi connectivity index (χ0) is 21.5. The van der Waals surface area contributed by atoms with Gasteiger partial charge in [-0.3, -0.25) is 5.10 Å². The van der Waals surface area contributed by atoms with Crippen molar-refractivity contribution >= 4 is 27.4 Å². The van der Waals surface area contributed by atoms with Gasteiger partial charge in [0, 0.05) is 23.0 Å². The standard InChI is InChI=1S/C19H22N6O4S/c1-11(2)29-19(26)25-10-20-24-18(25)15-7-4-13(21-17-8-12(3)22-23-17)9-16(15)30(27,28)14-5-6-14/h4,7-11,14H,5-6H2,1-3H3,(H2,21,22,23). The number of hydrogen-bond donors (Lipinski definition) is 2. The second-order valence-corrected chi connectivity index (χ2v) is 9.67. The number of benzene rings is 1. The third-order valence-electron chi connectivity index (χ3n) is 4.55. The molecule has 10 nitrogen and oxygen atoms in total. The van der Waals surface area contributed by atoms with E-state index in [1.165, 1.54) is 6.33 Å². The van der Waals surface area contributed by atoms with Crippen molar-refractivity contribution in [3.63, 3.8) is 0 Å². The van der Waals surface area contributed by atoms with Gasteiger partial charge >= 0.3 is 6.09 Å². The molecule has 1 fully saturated rings. The summed E-state index contributed by atoms with van der Waals surface area (Å²) in [6.07, 6.45) is 1.42. The van der Waals surface area contributed by atoms with Crippen molar-refractivity contribution in [3.8, 4) is 11.4 Å². The van der Waals surface area contributed by atoms with Crippen LogP contribution in [-0.2, 0) is 14.6 Å². The predicted molar refractivity (Wildman–Crippen MR) is 109 cm³/mol. The minimum atomic E-state index is -3.60. The van der Waals surface area contributed by atoms with Gasteiger partial charge in [0.1, 0.15) is 6.33 Å². The molecule has 0 aliphatic heterocycles. The second kappa shape index (κ2) is 7.56. The van der Waals surface area contributed by atoms with Gasteiger partial charge in [0.15, 0.2) is 21.5 Å². The summed E-state index contributed by atoms with van der Waals surface area (Å²) in [7, 11) is -3.60. The van der Waals surface area contributed by atoms with E-state index >= 15 is 0 Å². The number of aryl methyl sites for hydroxylation is 1. The molecule has 2 N–H and O–H groups in total. The fourth-order valence-electron chi connectivity index (χ4n) is 3.02. The van der Waals surface area contributed by atoms with Crippen molar-refractivity contribution < 1.29 is 17.9 Å². The minimum absolute atomic E-state index is 0.0915. The summed E-state index contributed by atoms with van der Waals surface area (Å²) in [6, 6.07) is 6.67. The van der Waals surface area contributed by atoms with Crippen LogP contribution in [0.1, 0.15) is 32.4 Å². The summed E-state index contributed by atoms with van der Waals surface area (Å²) < 4.78 is 32.6. The Morgan fingerprint density at radius 2 is 2.07 bits per heavy atom. The first-order valence-corrected chi connectivity index (χ1v) is 11.1. The van der Waals surface area contributed by atoms with Gasteiger partial charge in [0.2, 0.25) is 0 Å². The van der Waals surface area contributed by atoms with Gasteiger partial charge in [-0.25, -0.2) is 17.8 Å². The van der Waals surface area contributed by atoms with Crippen molar-refractivity contribution in [2.24, 2.45) is 0 Å². The maximum absolute atomic E-state index is 13.2. The number of sulfone groups is 1. The van der Waals surface area contributed by atoms with Crippen LogP contribution in [0.25, 0.3) is 11.4 Å². The highest BCUT2D eigenvalue weighted by Crippen LogP contribution is 2.39. The fraction of sp³-hybridized carbons (Fsp3) is 0.368. The van der Waals surface area contributed by atoms with E-state index in [-0.39, 0.29) is 16.8 Å². The largest absolute Gasteiger partial charge is 0.446 e. The molecule has 1 aliphatic carbocycles. The lowest BCUT2D eigenvalue weighted by atomic mass is 10.2. The maximum atomic E-state index is 13.2. The third-order valence-corrected chi connectivity index (χ3v) is 6.85. The summed E-state index contributed by atoms with van der Waals surface area (Å²) in [4.78, 5) is 12.5. The van der Waals surface area contributed by atoms with Crippen LogP contribution in [0.4, 0.5) is 16.3 Å². The van der Waals surface area contributed by atoms with Crippen LogP contribution >= 0.6 is 0 Å². The van der Waals surface area contributed by atoms with Gasteiger partial charge in [-0.1, -0.05) is 0 Å². The van der Waals surface area contributed by atoms with E-state index < -0.39 is 21.2 Å². The van der Waals surface area contributed by atoms with Gasteiger partial charge in [0.25, 0.3) is 0 Å². The molecule has 0 spiro atoms. The molecular weight excluding hydrogens is 408 g/mol. The molecule has 2 aromatic heterocycles. The summed E-state index contributed by atoms with van der Waals surface area (Å²) in [5.41, 5.74) is 1.72. The first-order valence-electron chi connectivity index (χ1n) is 9.54. The number of aromatic amines is 1. The van der Waals surface area contributed by atoms with Gasteiger partial charge in [0.05, 0.1) is 16.2 Å². The van der Waals surface area contributed by atoms with Crippen molar-refractivity contribution in [2.75, 3.05) is 5.32 Å². The molecule has 1 aromatic carbocycles. The van der Waals surface area contributed by atoms with Crippen molar-refractivity contribution in [1.29, 1.82) is 0 Å². The molecule has 1 saturated carbocycles. The van der Waals surface area contributed by atoms with Crippen LogP contribution in [0.2, 0.25) is 0 Å². The van der Waals surface area contributed by atoms with E-state index in [2.05, 4.69) is 25.7 Å². The molecule has 30 heavy (non-hydrogen) atoms. The van der Waals surface area contributed by atoms with E-state index in [9.17, 15) is 13.2 Å². The Morgan fingerprint density at radius 3 is 2.70 bits per heavy atom. The van der Waals surface area contributed by atoms with E-state index in [0.717, 1.165) is 10.3 Å². The number of carbonyl (C=O) groups excluding carboxylic acids is 1. The summed E-state index contributed by atoms with van der Waals surface area (Å²) in [6.45, 7) is 5.32. The Bertz CT molecular complexity index is 1190. The van der Waals surface area contributed by atoms with Crippen LogP contribution in [0.15, 0.2) is 35.5 Å². The van der Waals surface area contributed by atoms with Crippen molar-refractivity contribution in [2.45, 2.75) is 49.9 Å². The molecule has 0 bridgehead atoms. The fourth-order valence-corrected chi connectivity index (χ4v) is 4.89. The Kier molecular flexibility index (Phi) is 5.06. The molecule has 0 atom stereocenters. The molecule has 0 amide bonds. The molecule has 4 rings (SSSR count). The molecule has 11 heteroatoms.